The average molecular weight is 408 g/mol. The van der Waals surface area contributed by atoms with Crippen molar-refractivity contribution in [1.82, 2.24) is 4.98 Å². The van der Waals surface area contributed by atoms with Crippen molar-refractivity contribution in [1.29, 1.82) is 0 Å². The van der Waals surface area contributed by atoms with Crippen LogP contribution in [0.1, 0.15) is 15.9 Å². The highest BCUT2D eigenvalue weighted by Gasteiger charge is 2.34. The highest BCUT2D eigenvalue weighted by molar-refractivity contribution is 8.27. The van der Waals surface area contributed by atoms with E-state index in [0.717, 1.165) is 28.2 Å². The van der Waals surface area contributed by atoms with E-state index in [9.17, 15) is 19.8 Å². The lowest BCUT2D eigenvalue weighted by Crippen LogP contribution is -2.27. The van der Waals surface area contributed by atoms with Crippen LogP contribution in [0.2, 0.25) is 0 Å². The maximum Gasteiger partial charge on any atom is 0.339 e. The summed E-state index contributed by atoms with van der Waals surface area (Å²) >= 11 is 6.46. The van der Waals surface area contributed by atoms with E-state index in [1.165, 1.54) is 23.1 Å². The van der Waals surface area contributed by atoms with Crippen LogP contribution >= 0.6 is 24.0 Å². The maximum atomic E-state index is 12.9. The summed E-state index contributed by atoms with van der Waals surface area (Å²) in [6.07, 6.45) is 3.42. The van der Waals surface area contributed by atoms with Crippen LogP contribution in [0, 0.1) is 0 Å². The Hall–Kier alpha value is -3.23. The lowest BCUT2D eigenvalue weighted by atomic mass is 10.1. The molecule has 2 N–H and O–H groups in total. The van der Waals surface area contributed by atoms with Crippen molar-refractivity contribution in [2.45, 2.75) is 0 Å². The minimum absolute atomic E-state index is 0.284. The van der Waals surface area contributed by atoms with Gasteiger partial charge in [0.2, 0.25) is 0 Å². The molecule has 1 aliphatic heterocycles. The minimum atomic E-state index is -1.29. The van der Waals surface area contributed by atoms with Gasteiger partial charge in [-0.2, -0.15) is 0 Å². The number of rotatable bonds is 3. The molecule has 0 bridgehead atoms. The predicted octanol–water partition coefficient (Wildman–Crippen LogP) is 4.04. The summed E-state index contributed by atoms with van der Waals surface area (Å²) in [7, 11) is 0. The number of fused-ring (bicyclic) bond motifs is 1. The number of pyridine rings is 1. The predicted molar refractivity (Wildman–Crippen MR) is 112 cm³/mol. The van der Waals surface area contributed by atoms with E-state index >= 15 is 0 Å². The average Bonchev–Trinajstić information content (AvgIpc) is 2.96. The number of nitrogens with zero attached hydrogens (tertiary/aromatic N) is 2. The van der Waals surface area contributed by atoms with Crippen molar-refractivity contribution in [3.8, 4) is 5.75 Å². The number of phenols is 1. The molecule has 1 amide bonds. The Labute approximate surface area is 169 Å². The molecule has 2 heterocycles. The number of aromatic nitrogens is 1. The van der Waals surface area contributed by atoms with Crippen molar-refractivity contribution < 1.29 is 19.8 Å². The number of benzene rings is 2. The molecule has 0 unspecified atom stereocenters. The second-order valence-corrected chi connectivity index (χ2v) is 7.62. The van der Waals surface area contributed by atoms with Crippen molar-refractivity contribution >= 4 is 62.8 Å². The number of hydrogen-bond acceptors (Lipinski definition) is 6. The normalized spacial score (nSPS) is 15.6. The molecule has 0 atom stereocenters. The second-order valence-electron chi connectivity index (χ2n) is 5.95. The topological polar surface area (TPSA) is 90.7 Å². The molecule has 0 saturated carbocycles. The Morgan fingerprint density at radius 3 is 2.75 bits per heavy atom. The molecule has 1 aliphatic rings. The van der Waals surface area contributed by atoms with E-state index in [1.54, 1.807) is 12.3 Å². The summed E-state index contributed by atoms with van der Waals surface area (Å²) in [5.74, 6) is -2.02. The third-order valence-electron chi connectivity index (χ3n) is 4.21. The smallest absolute Gasteiger partial charge is 0.339 e. The van der Waals surface area contributed by atoms with Crippen molar-refractivity contribution in [3.63, 3.8) is 0 Å². The minimum Gasteiger partial charge on any atom is -0.507 e. The molecule has 4 rings (SSSR count). The Kier molecular flexibility index (Phi) is 4.58. The fourth-order valence-corrected chi connectivity index (χ4v) is 4.20. The monoisotopic (exact) mass is 408 g/mol. The summed E-state index contributed by atoms with van der Waals surface area (Å²) in [5, 5.41) is 19.8. The molecular weight excluding hydrogens is 396 g/mol. The Balaban J connectivity index is 1.74. The van der Waals surface area contributed by atoms with Gasteiger partial charge in [-0.1, -0.05) is 48.2 Å². The standard InChI is InChI=1S/C20H12N2O4S2/c23-15-7-6-13(10-14(15)19(25)26)22-18(24)16(28-20(22)27)9-12-4-1-3-11-5-2-8-21-17(11)12/h1-10,23H,(H,25,26)/b16-9-. The van der Waals surface area contributed by atoms with Crippen LogP contribution in [0.3, 0.4) is 0 Å². The van der Waals surface area contributed by atoms with Crippen molar-refractivity contribution in [2.24, 2.45) is 0 Å². The number of para-hydroxylation sites is 1. The molecule has 0 radical (unpaired) electrons. The first-order valence-electron chi connectivity index (χ1n) is 8.14. The van der Waals surface area contributed by atoms with Crippen LogP contribution in [-0.4, -0.2) is 31.4 Å². The molecule has 0 spiro atoms. The number of hydrogen-bond donors (Lipinski definition) is 2. The van der Waals surface area contributed by atoms with Gasteiger partial charge in [0.25, 0.3) is 5.91 Å². The largest absolute Gasteiger partial charge is 0.507 e. The molecule has 8 heteroatoms. The van der Waals surface area contributed by atoms with Gasteiger partial charge in [0.15, 0.2) is 4.32 Å². The van der Waals surface area contributed by atoms with E-state index in [4.69, 9.17) is 12.2 Å². The molecule has 2 aromatic carbocycles. The van der Waals surface area contributed by atoms with Gasteiger partial charge in [-0.3, -0.25) is 14.7 Å². The lowest BCUT2D eigenvalue weighted by molar-refractivity contribution is -0.113. The quantitative estimate of drug-likeness (QED) is 0.499. The molecule has 28 heavy (non-hydrogen) atoms. The molecule has 1 fully saturated rings. The molecule has 1 aromatic heterocycles. The second kappa shape index (κ2) is 7.06. The number of carboxylic acids is 1. The van der Waals surface area contributed by atoms with Gasteiger partial charge in [0.1, 0.15) is 11.3 Å². The molecule has 3 aromatic rings. The molecule has 138 valence electrons. The zero-order valence-corrected chi connectivity index (χ0v) is 15.8. The van der Waals surface area contributed by atoms with Crippen LogP contribution in [0.5, 0.6) is 5.75 Å². The third-order valence-corrected chi connectivity index (χ3v) is 5.52. The number of carbonyl (C=O) groups excluding carboxylic acids is 1. The Morgan fingerprint density at radius 2 is 1.96 bits per heavy atom. The maximum absolute atomic E-state index is 12.9. The first-order chi connectivity index (χ1) is 13.5. The first kappa shape index (κ1) is 18.1. The summed E-state index contributed by atoms with van der Waals surface area (Å²) in [4.78, 5) is 30.3. The number of thiocarbonyl (C=S) groups is 1. The van der Waals surface area contributed by atoms with Gasteiger partial charge in [-0.05, 0) is 30.3 Å². The van der Waals surface area contributed by atoms with E-state index in [1.807, 2.05) is 30.3 Å². The van der Waals surface area contributed by atoms with E-state index < -0.39 is 5.97 Å². The van der Waals surface area contributed by atoms with Crippen LogP contribution in [-0.2, 0) is 4.79 Å². The molecule has 6 nitrogen and oxygen atoms in total. The number of carbonyl (C=O) groups is 2. The first-order valence-corrected chi connectivity index (χ1v) is 9.36. The molecule has 0 aliphatic carbocycles. The molecule has 1 saturated heterocycles. The Bertz CT molecular complexity index is 1180. The zero-order chi connectivity index (χ0) is 19.8. The van der Waals surface area contributed by atoms with Crippen LogP contribution in [0.4, 0.5) is 5.69 Å². The van der Waals surface area contributed by atoms with E-state index in [0.29, 0.717) is 4.91 Å². The van der Waals surface area contributed by atoms with Gasteiger partial charge in [-0.15, -0.1) is 0 Å². The Morgan fingerprint density at radius 1 is 1.18 bits per heavy atom. The summed E-state index contributed by atoms with van der Waals surface area (Å²) < 4.78 is 0.284. The van der Waals surface area contributed by atoms with Crippen LogP contribution in [0.25, 0.3) is 17.0 Å². The summed E-state index contributed by atoms with van der Waals surface area (Å²) in [6.45, 7) is 0. The van der Waals surface area contributed by atoms with Gasteiger partial charge >= 0.3 is 5.97 Å². The third kappa shape index (κ3) is 3.12. The number of aromatic carboxylic acids is 1. The van der Waals surface area contributed by atoms with Crippen molar-refractivity contribution in [2.75, 3.05) is 4.90 Å². The van der Waals surface area contributed by atoms with Crippen molar-refractivity contribution in [3.05, 3.63) is 70.8 Å². The fourth-order valence-electron chi connectivity index (χ4n) is 2.91. The zero-order valence-electron chi connectivity index (χ0n) is 14.2. The number of amides is 1. The van der Waals surface area contributed by atoms with Gasteiger partial charge in [0.05, 0.1) is 16.1 Å². The van der Waals surface area contributed by atoms with Gasteiger partial charge in [-0.25, -0.2) is 4.79 Å². The fraction of sp³-hybridized carbons (Fsp3) is 0. The van der Waals surface area contributed by atoms with Gasteiger partial charge < -0.3 is 10.2 Å². The number of aromatic hydroxyl groups is 1. The SMILES string of the molecule is O=C(O)c1cc(N2C(=O)/C(=C/c3cccc4cccnc34)SC2=S)ccc1O. The lowest BCUT2D eigenvalue weighted by Gasteiger charge is -2.15. The number of anilines is 1. The van der Waals surface area contributed by atoms with Crippen LogP contribution in [0.15, 0.2) is 59.6 Å². The van der Waals surface area contributed by atoms with Gasteiger partial charge in [0, 0.05) is 17.1 Å². The highest BCUT2D eigenvalue weighted by atomic mass is 32.2. The summed E-state index contributed by atoms with van der Waals surface area (Å²) in [6, 6.07) is 13.4. The van der Waals surface area contributed by atoms with E-state index in [2.05, 4.69) is 4.98 Å². The van der Waals surface area contributed by atoms with Crippen LogP contribution < -0.4 is 4.90 Å². The summed E-state index contributed by atoms with van der Waals surface area (Å²) in [5.41, 5.74) is 1.55. The highest BCUT2D eigenvalue weighted by Crippen LogP contribution is 2.37. The van der Waals surface area contributed by atoms with E-state index in [-0.39, 0.29) is 27.2 Å². The number of thioether (sulfide) groups is 1. The molecular formula is C20H12N2O4S2. The number of carboxylic acid groups (broad SMARTS) is 1.